The van der Waals surface area contributed by atoms with Gasteiger partial charge in [0.15, 0.2) is 0 Å². The summed E-state index contributed by atoms with van der Waals surface area (Å²) in [4.78, 5) is 17.2. The van der Waals surface area contributed by atoms with Gasteiger partial charge < -0.3 is 14.8 Å². The van der Waals surface area contributed by atoms with Crippen LogP contribution in [0.25, 0.3) is 28.1 Å². The second kappa shape index (κ2) is 9.79. The summed E-state index contributed by atoms with van der Waals surface area (Å²) in [5, 5.41) is 4.59. The van der Waals surface area contributed by atoms with Crippen molar-refractivity contribution < 1.29 is 0 Å². The number of nitrogens with one attached hydrogen (secondary N) is 1. The molecule has 0 saturated carbocycles. The summed E-state index contributed by atoms with van der Waals surface area (Å²) in [6.07, 6.45) is 3.95. The Morgan fingerprint density at radius 3 is 2.46 bits per heavy atom. The number of likely N-dealkylation sites (tertiary alicyclic amines) is 1. The SMILES string of the molecule is Cc1ccc(-n2c3c/c(=N\C4CCN(C)CC4)c(Nc4cccnc4C)cc-3nc3ccccc32)cc1. The maximum Gasteiger partial charge on any atom is 0.0900 e. The van der Waals surface area contributed by atoms with Crippen LogP contribution in [0.3, 0.4) is 0 Å². The van der Waals surface area contributed by atoms with Gasteiger partial charge in [-0.3, -0.25) is 9.98 Å². The van der Waals surface area contributed by atoms with E-state index in [-0.39, 0.29) is 0 Å². The molecule has 0 amide bonds. The molecule has 1 fully saturated rings. The van der Waals surface area contributed by atoms with Crippen LogP contribution < -0.4 is 10.7 Å². The second-order valence-electron chi connectivity index (χ2n) is 10.1. The lowest BCUT2D eigenvalue weighted by Gasteiger charge is -2.27. The summed E-state index contributed by atoms with van der Waals surface area (Å²) in [6.45, 7) is 6.28. The fraction of sp³-hybridized carbons (Fsp3) is 0.258. The number of hydrogen-bond donors (Lipinski definition) is 1. The molecule has 0 atom stereocenters. The van der Waals surface area contributed by atoms with Gasteiger partial charge in [0.05, 0.1) is 50.9 Å². The molecule has 0 radical (unpaired) electrons. The molecule has 6 nitrogen and oxygen atoms in total. The number of benzene rings is 3. The number of aryl methyl sites for hydroxylation is 2. The van der Waals surface area contributed by atoms with Gasteiger partial charge in [-0.15, -0.1) is 0 Å². The Bertz CT molecular complexity index is 1590. The van der Waals surface area contributed by atoms with Crippen molar-refractivity contribution in [1.29, 1.82) is 0 Å². The predicted octanol–water partition coefficient (Wildman–Crippen LogP) is 5.88. The Balaban J connectivity index is 1.61. The molecule has 186 valence electrons. The van der Waals surface area contributed by atoms with Crippen LogP contribution in [0.2, 0.25) is 0 Å². The number of hydrogen-bond acceptors (Lipinski definition) is 5. The van der Waals surface area contributed by atoms with Gasteiger partial charge in [0.2, 0.25) is 0 Å². The van der Waals surface area contributed by atoms with Gasteiger partial charge in [-0.25, -0.2) is 4.98 Å². The molecule has 37 heavy (non-hydrogen) atoms. The Morgan fingerprint density at radius 2 is 1.68 bits per heavy atom. The quantitative estimate of drug-likeness (QED) is 0.321. The highest BCUT2D eigenvalue weighted by molar-refractivity contribution is 5.84. The van der Waals surface area contributed by atoms with Crippen LogP contribution in [0.15, 0.2) is 84.0 Å². The summed E-state index contributed by atoms with van der Waals surface area (Å²) >= 11 is 0. The third-order valence-corrected chi connectivity index (χ3v) is 7.28. The number of pyridine rings is 1. The van der Waals surface area contributed by atoms with Crippen molar-refractivity contribution in [3.63, 3.8) is 0 Å². The van der Waals surface area contributed by atoms with E-state index in [1.807, 2.05) is 25.3 Å². The fourth-order valence-electron chi connectivity index (χ4n) is 5.10. The summed E-state index contributed by atoms with van der Waals surface area (Å²) in [5.74, 6) is 0. The maximum absolute atomic E-state index is 5.31. The van der Waals surface area contributed by atoms with E-state index in [0.29, 0.717) is 6.04 Å². The minimum atomic E-state index is 0.297. The van der Waals surface area contributed by atoms with Gasteiger partial charge in [-0.1, -0.05) is 29.8 Å². The van der Waals surface area contributed by atoms with E-state index in [1.54, 1.807) is 0 Å². The molecule has 1 N–H and O–H groups in total. The normalized spacial score (nSPS) is 15.5. The van der Waals surface area contributed by atoms with Crippen LogP contribution in [0.5, 0.6) is 0 Å². The maximum atomic E-state index is 5.31. The largest absolute Gasteiger partial charge is 0.352 e. The van der Waals surface area contributed by atoms with Gasteiger partial charge in [0, 0.05) is 11.9 Å². The second-order valence-corrected chi connectivity index (χ2v) is 10.1. The van der Waals surface area contributed by atoms with Gasteiger partial charge in [-0.2, -0.15) is 0 Å². The van der Waals surface area contributed by atoms with Crippen LogP contribution in [-0.2, 0) is 0 Å². The van der Waals surface area contributed by atoms with E-state index in [2.05, 4.69) is 94.4 Å². The standard InChI is InChI=1S/C31H32N6/c1-21-10-12-24(13-11-21)37-30-9-5-4-7-26(30)35-29-19-27(34-25-8-6-16-32-22(25)2)28(20-31(29)37)33-23-14-17-36(3)18-15-23/h4-13,16,19-20,23,34H,14-15,17-18H2,1-3H3/b33-28+. The highest BCUT2D eigenvalue weighted by atomic mass is 15.1. The van der Waals surface area contributed by atoms with Crippen molar-refractivity contribution in [1.82, 2.24) is 19.4 Å². The van der Waals surface area contributed by atoms with Crippen molar-refractivity contribution in [3.05, 3.63) is 95.6 Å². The predicted molar refractivity (Wildman–Crippen MR) is 151 cm³/mol. The van der Waals surface area contributed by atoms with E-state index in [9.17, 15) is 0 Å². The number of aromatic nitrogens is 3. The van der Waals surface area contributed by atoms with Crippen molar-refractivity contribution in [2.45, 2.75) is 32.7 Å². The van der Waals surface area contributed by atoms with Crippen LogP contribution in [0.1, 0.15) is 24.1 Å². The van der Waals surface area contributed by atoms with Crippen molar-refractivity contribution in [2.75, 3.05) is 25.5 Å². The highest BCUT2D eigenvalue weighted by Gasteiger charge is 2.19. The van der Waals surface area contributed by atoms with Crippen LogP contribution in [-0.4, -0.2) is 45.6 Å². The minimum absolute atomic E-state index is 0.297. The first-order valence-corrected chi connectivity index (χ1v) is 13.0. The monoisotopic (exact) mass is 488 g/mol. The first kappa shape index (κ1) is 23.4. The number of piperidine rings is 1. The Kier molecular flexibility index (Phi) is 6.18. The lowest BCUT2D eigenvalue weighted by atomic mass is 10.1. The van der Waals surface area contributed by atoms with Gasteiger partial charge in [-0.05, 0) is 95.4 Å². The fourth-order valence-corrected chi connectivity index (χ4v) is 5.10. The van der Waals surface area contributed by atoms with Crippen molar-refractivity contribution in [3.8, 4) is 17.1 Å². The third kappa shape index (κ3) is 4.72. The van der Waals surface area contributed by atoms with E-state index in [0.717, 1.165) is 76.5 Å². The average molecular weight is 489 g/mol. The third-order valence-electron chi connectivity index (χ3n) is 7.28. The average Bonchev–Trinajstić information content (AvgIpc) is 2.91. The molecule has 6 heteroatoms. The van der Waals surface area contributed by atoms with Gasteiger partial charge >= 0.3 is 0 Å². The highest BCUT2D eigenvalue weighted by Crippen LogP contribution is 2.31. The van der Waals surface area contributed by atoms with E-state index < -0.39 is 0 Å². The molecule has 1 aromatic heterocycles. The molecule has 2 aromatic carbocycles. The van der Waals surface area contributed by atoms with Gasteiger partial charge in [0.25, 0.3) is 0 Å². The number of rotatable bonds is 4. The van der Waals surface area contributed by atoms with Crippen molar-refractivity contribution in [2.24, 2.45) is 4.99 Å². The summed E-state index contributed by atoms with van der Waals surface area (Å²) in [6, 6.07) is 25.7. The Morgan fingerprint density at radius 1 is 0.892 bits per heavy atom. The van der Waals surface area contributed by atoms with E-state index >= 15 is 0 Å². The smallest absolute Gasteiger partial charge is 0.0900 e. The molecule has 3 aliphatic rings. The summed E-state index contributed by atoms with van der Waals surface area (Å²) in [5.41, 5.74) is 9.25. The lowest BCUT2D eigenvalue weighted by Crippen LogP contribution is -2.33. The van der Waals surface area contributed by atoms with Gasteiger partial charge in [0.1, 0.15) is 0 Å². The molecular formula is C31H32N6. The lowest BCUT2D eigenvalue weighted by molar-refractivity contribution is 0.255. The molecule has 0 spiro atoms. The first-order valence-electron chi connectivity index (χ1n) is 13.0. The molecule has 3 heterocycles. The molecule has 2 aliphatic heterocycles. The Labute approximate surface area is 217 Å². The number of nitrogens with zero attached hydrogens (tertiary/aromatic N) is 5. The van der Waals surface area contributed by atoms with Crippen LogP contribution in [0, 0.1) is 13.8 Å². The zero-order chi connectivity index (χ0) is 25.4. The molecule has 0 bridgehead atoms. The number of anilines is 2. The topological polar surface area (TPSA) is 58.3 Å². The zero-order valence-corrected chi connectivity index (χ0v) is 21.6. The summed E-state index contributed by atoms with van der Waals surface area (Å²) < 4.78 is 2.31. The Hall–Kier alpha value is -4.03. The minimum Gasteiger partial charge on any atom is -0.352 e. The molecular weight excluding hydrogens is 456 g/mol. The van der Waals surface area contributed by atoms with Crippen LogP contribution >= 0.6 is 0 Å². The zero-order valence-electron chi connectivity index (χ0n) is 21.6. The number of fused-ring (bicyclic) bond motifs is 2. The van der Waals surface area contributed by atoms with Crippen LogP contribution in [0.4, 0.5) is 11.4 Å². The van der Waals surface area contributed by atoms with Crippen molar-refractivity contribution >= 4 is 22.4 Å². The van der Waals surface area contributed by atoms with E-state index in [4.69, 9.17) is 9.98 Å². The molecule has 1 saturated heterocycles. The van der Waals surface area contributed by atoms with E-state index in [1.165, 1.54) is 5.56 Å². The molecule has 0 unspecified atom stereocenters. The first-order chi connectivity index (χ1) is 18.0. The number of para-hydroxylation sites is 2. The summed E-state index contributed by atoms with van der Waals surface area (Å²) in [7, 11) is 2.19. The molecule has 1 aliphatic carbocycles. The molecule has 3 aromatic rings. The molecule has 6 rings (SSSR count).